The first kappa shape index (κ1) is 12.7. The third-order valence-electron chi connectivity index (χ3n) is 1.32. The van der Waals surface area contributed by atoms with Crippen LogP contribution in [0.3, 0.4) is 0 Å². The Morgan fingerprint density at radius 2 is 2.00 bits per heavy atom. The molecule has 3 N–H and O–H groups in total. The van der Waals surface area contributed by atoms with Gasteiger partial charge < -0.3 is 15.6 Å². The number of aliphatic hydroxyl groups is 1. The molecule has 6 heteroatoms. The summed E-state index contributed by atoms with van der Waals surface area (Å²) in [5.74, 6) is 0. The first-order valence-electron chi connectivity index (χ1n) is 3.96. The van der Waals surface area contributed by atoms with Crippen molar-refractivity contribution in [1.29, 1.82) is 0 Å². The molecule has 0 aromatic carbocycles. The summed E-state index contributed by atoms with van der Waals surface area (Å²) in [5, 5.41) is 8.44. The molecular formula is C7H14F3NO2. The van der Waals surface area contributed by atoms with Crippen LogP contribution >= 0.6 is 0 Å². The Kier molecular flexibility index (Phi) is 6.02. The van der Waals surface area contributed by atoms with E-state index in [1.165, 1.54) is 0 Å². The van der Waals surface area contributed by atoms with Crippen LogP contribution in [0.15, 0.2) is 0 Å². The zero-order chi connectivity index (χ0) is 10.3. The molecule has 0 fully saturated rings. The van der Waals surface area contributed by atoms with E-state index in [0.29, 0.717) is 0 Å². The van der Waals surface area contributed by atoms with Gasteiger partial charge in [0.2, 0.25) is 0 Å². The third-order valence-corrected chi connectivity index (χ3v) is 1.32. The number of hydrogen-bond acceptors (Lipinski definition) is 3. The Morgan fingerprint density at radius 1 is 1.38 bits per heavy atom. The molecule has 0 aliphatic carbocycles. The highest BCUT2D eigenvalue weighted by Crippen LogP contribution is 2.20. The molecule has 1 atom stereocenters. The normalized spacial score (nSPS) is 14.5. The standard InChI is InChI=1S/C7H14F3NO2/c8-7(9,10)2-1-3-13-5-6(11)4-12/h6,12H,1-5,11H2. The quantitative estimate of drug-likeness (QED) is 0.621. The molecule has 0 aliphatic heterocycles. The van der Waals surface area contributed by atoms with Crippen LogP contribution in [0.5, 0.6) is 0 Å². The fourth-order valence-electron chi connectivity index (χ4n) is 0.662. The Balaban J connectivity index is 3.18. The van der Waals surface area contributed by atoms with Crippen molar-refractivity contribution in [3.05, 3.63) is 0 Å². The van der Waals surface area contributed by atoms with Crippen LogP contribution in [0.4, 0.5) is 13.2 Å². The summed E-state index contributed by atoms with van der Waals surface area (Å²) >= 11 is 0. The second-order valence-corrected chi connectivity index (χ2v) is 2.74. The van der Waals surface area contributed by atoms with E-state index in [2.05, 4.69) is 0 Å². The Morgan fingerprint density at radius 3 is 2.46 bits per heavy atom. The smallest absolute Gasteiger partial charge is 0.389 e. The lowest BCUT2D eigenvalue weighted by Crippen LogP contribution is -2.30. The molecule has 0 heterocycles. The molecule has 80 valence electrons. The first-order valence-corrected chi connectivity index (χ1v) is 3.96. The second kappa shape index (κ2) is 6.17. The number of aliphatic hydroxyl groups excluding tert-OH is 1. The van der Waals surface area contributed by atoms with E-state index in [1.54, 1.807) is 0 Å². The number of nitrogens with two attached hydrogens (primary N) is 1. The van der Waals surface area contributed by atoms with Crippen molar-refractivity contribution in [2.24, 2.45) is 5.73 Å². The highest BCUT2D eigenvalue weighted by molar-refractivity contribution is 4.56. The van der Waals surface area contributed by atoms with Gasteiger partial charge in [-0.1, -0.05) is 0 Å². The van der Waals surface area contributed by atoms with Gasteiger partial charge in [-0.05, 0) is 6.42 Å². The van der Waals surface area contributed by atoms with E-state index in [-0.39, 0.29) is 26.2 Å². The average Bonchev–Trinajstić information content (AvgIpc) is 2.01. The SMILES string of the molecule is NC(CO)COCCCC(F)(F)F. The summed E-state index contributed by atoms with van der Waals surface area (Å²) in [6, 6.07) is -0.508. The van der Waals surface area contributed by atoms with Gasteiger partial charge in [0.1, 0.15) is 0 Å². The molecular weight excluding hydrogens is 187 g/mol. The maximum Gasteiger partial charge on any atom is 0.389 e. The van der Waals surface area contributed by atoms with Crippen LogP contribution < -0.4 is 5.73 Å². The van der Waals surface area contributed by atoms with Gasteiger partial charge in [-0.25, -0.2) is 0 Å². The molecule has 0 bridgehead atoms. The van der Waals surface area contributed by atoms with Gasteiger partial charge in [0, 0.05) is 13.0 Å². The summed E-state index contributed by atoms with van der Waals surface area (Å²) in [7, 11) is 0. The van der Waals surface area contributed by atoms with Crippen molar-refractivity contribution < 1.29 is 23.0 Å². The number of rotatable bonds is 6. The van der Waals surface area contributed by atoms with Crippen LogP contribution in [0.1, 0.15) is 12.8 Å². The Hall–Kier alpha value is -0.330. The molecule has 0 radical (unpaired) electrons. The summed E-state index contributed by atoms with van der Waals surface area (Å²) in [4.78, 5) is 0. The molecule has 0 saturated heterocycles. The zero-order valence-corrected chi connectivity index (χ0v) is 7.18. The molecule has 0 amide bonds. The number of halogens is 3. The molecule has 13 heavy (non-hydrogen) atoms. The predicted molar refractivity (Wildman–Crippen MR) is 41.2 cm³/mol. The van der Waals surface area contributed by atoms with Crippen LogP contribution in [0.25, 0.3) is 0 Å². The van der Waals surface area contributed by atoms with E-state index in [4.69, 9.17) is 15.6 Å². The number of hydrogen-bond donors (Lipinski definition) is 2. The largest absolute Gasteiger partial charge is 0.395 e. The lowest BCUT2D eigenvalue weighted by molar-refractivity contribution is -0.138. The van der Waals surface area contributed by atoms with Gasteiger partial charge in [-0.15, -0.1) is 0 Å². The van der Waals surface area contributed by atoms with Gasteiger partial charge >= 0.3 is 6.18 Å². The first-order chi connectivity index (χ1) is 5.95. The van der Waals surface area contributed by atoms with Crippen molar-refractivity contribution in [2.75, 3.05) is 19.8 Å². The molecule has 1 unspecified atom stereocenters. The van der Waals surface area contributed by atoms with Crippen molar-refractivity contribution >= 4 is 0 Å². The summed E-state index contributed by atoms with van der Waals surface area (Å²) < 4.78 is 39.6. The highest BCUT2D eigenvalue weighted by Gasteiger charge is 2.25. The summed E-state index contributed by atoms with van der Waals surface area (Å²) in [6.45, 7) is -0.110. The molecule has 0 aromatic rings. The van der Waals surface area contributed by atoms with E-state index in [9.17, 15) is 13.2 Å². The van der Waals surface area contributed by atoms with Crippen molar-refractivity contribution in [3.8, 4) is 0 Å². The summed E-state index contributed by atoms with van der Waals surface area (Å²) in [5.41, 5.74) is 5.24. The van der Waals surface area contributed by atoms with Crippen LogP contribution in [-0.2, 0) is 4.74 Å². The van der Waals surface area contributed by atoms with Gasteiger partial charge in [0.25, 0.3) is 0 Å². The minimum Gasteiger partial charge on any atom is -0.395 e. The molecule has 0 aliphatic rings. The van der Waals surface area contributed by atoms with Crippen LogP contribution in [0.2, 0.25) is 0 Å². The summed E-state index contributed by atoms with van der Waals surface area (Å²) in [6.07, 6.45) is -5.04. The lowest BCUT2D eigenvalue weighted by Gasteiger charge is -2.09. The average molecular weight is 201 g/mol. The van der Waals surface area contributed by atoms with E-state index in [0.717, 1.165) is 0 Å². The Labute approximate surface area is 74.7 Å². The monoisotopic (exact) mass is 201 g/mol. The van der Waals surface area contributed by atoms with Gasteiger partial charge in [0.15, 0.2) is 0 Å². The molecule has 0 spiro atoms. The molecule has 0 saturated carbocycles. The fourth-order valence-corrected chi connectivity index (χ4v) is 0.662. The van der Waals surface area contributed by atoms with E-state index >= 15 is 0 Å². The predicted octanol–water partition coefficient (Wildman–Crippen LogP) is 0.665. The maximum atomic E-state index is 11.6. The third kappa shape index (κ3) is 9.59. The van der Waals surface area contributed by atoms with Crippen molar-refractivity contribution in [3.63, 3.8) is 0 Å². The molecule has 0 aromatic heterocycles. The van der Waals surface area contributed by atoms with Crippen LogP contribution in [-0.4, -0.2) is 37.1 Å². The van der Waals surface area contributed by atoms with Gasteiger partial charge in [0.05, 0.1) is 19.3 Å². The Bertz CT molecular complexity index is 129. The lowest BCUT2D eigenvalue weighted by atomic mass is 10.3. The van der Waals surface area contributed by atoms with Crippen molar-refractivity contribution in [2.45, 2.75) is 25.1 Å². The number of alkyl halides is 3. The number of ether oxygens (including phenoxy) is 1. The highest BCUT2D eigenvalue weighted by atomic mass is 19.4. The molecule has 3 nitrogen and oxygen atoms in total. The minimum atomic E-state index is -4.12. The van der Waals surface area contributed by atoms with E-state index < -0.39 is 18.6 Å². The van der Waals surface area contributed by atoms with E-state index in [1.807, 2.05) is 0 Å². The maximum absolute atomic E-state index is 11.6. The minimum absolute atomic E-state index is 0.0210. The van der Waals surface area contributed by atoms with Gasteiger partial charge in [-0.3, -0.25) is 0 Å². The topological polar surface area (TPSA) is 55.5 Å². The van der Waals surface area contributed by atoms with Crippen molar-refractivity contribution in [1.82, 2.24) is 0 Å². The zero-order valence-electron chi connectivity index (χ0n) is 7.18. The second-order valence-electron chi connectivity index (χ2n) is 2.74. The fraction of sp³-hybridized carbons (Fsp3) is 1.00. The van der Waals surface area contributed by atoms with Gasteiger partial charge in [-0.2, -0.15) is 13.2 Å². The molecule has 0 rings (SSSR count). The van der Waals surface area contributed by atoms with Crippen LogP contribution in [0, 0.1) is 0 Å².